The van der Waals surface area contributed by atoms with E-state index in [9.17, 15) is 13.2 Å². The lowest BCUT2D eigenvalue weighted by Gasteiger charge is -2.09. The van der Waals surface area contributed by atoms with Crippen LogP contribution in [0, 0.1) is 6.92 Å². The molecule has 114 valence electrons. The van der Waals surface area contributed by atoms with Gasteiger partial charge >= 0.3 is 6.18 Å². The van der Waals surface area contributed by atoms with Crippen LogP contribution in [0.25, 0.3) is 10.9 Å². The van der Waals surface area contributed by atoms with E-state index < -0.39 is 12.0 Å². The highest BCUT2D eigenvalue weighted by atomic mass is 32.2. The molecule has 3 rings (SSSR count). The summed E-state index contributed by atoms with van der Waals surface area (Å²) < 4.78 is 38.8. The van der Waals surface area contributed by atoms with Crippen LogP contribution in [0.15, 0.2) is 34.7 Å². The number of hydrogen-bond acceptors (Lipinski definition) is 5. The topological polar surface area (TPSA) is 38.7 Å². The van der Waals surface area contributed by atoms with E-state index >= 15 is 0 Å². The molecule has 0 aliphatic carbocycles. The number of aryl methyl sites for hydroxylation is 1. The van der Waals surface area contributed by atoms with Crippen LogP contribution in [0.5, 0.6) is 0 Å². The van der Waals surface area contributed by atoms with E-state index in [0.717, 1.165) is 10.7 Å². The minimum atomic E-state index is -4.56. The van der Waals surface area contributed by atoms with Crippen LogP contribution in [0.3, 0.4) is 0 Å². The predicted molar refractivity (Wildman–Crippen MR) is 81.0 cm³/mol. The van der Waals surface area contributed by atoms with Crippen molar-refractivity contribution in [3.8, 4) is 0 Å². The third-order valence-corrected chi connectivity index (χ3v) is 4.69. The molecule has 2 heterocycles. The van der Waals surface area contributed by atoms with Crippen molar-refractivity contribution in [3.05, 3.63) is 46.2 Å². The molecule has 0 aliphatic heterocycles. The quantitative estimate of drug-likeness (QED) is 0.511. The number of thiazole rings is 1. The SMILES string of the molecule is Cc1nc(CSc2nc(C(F)(F)F)nc3ccccc23)cs1. The fourth-order valence-electron chi connectivity index (χ4n) is 1.90. The molecule has 0 amide bonds. The monoisotopic (exact) mass is 341 g/mol. The molecule has 0 fully saturated rings. The molecule has 22 heavy (non-hydrogen) atoms. The van der Waals surface area contributed by atoms with Gasteiger partial charge < -0.3 is 0 Å². The zero-order valence-corrected chi connectivity index (χ0v) is 13.0. The van der Waals surface area contributed by atoms with Crippen molar-refractivity contribution in [2.75, 3.05) is 0 Å². The minimum absolute atomic E-state index is 0.293. The average Bonchev–Trinajstić information content (AvgIpc) is 2.89. The maximum Gasteiger partial charge on any atom is 0.451 e. The van der Waals surface area contributed by atoms with Gasteiger partial charge in [-0.3, -0.25) is 0 Å². The van der Waals surface area contributed by atoms with E-state index in [2.05, 4.69) is 15.0 Å². The first-order valence-corrected chi connectivity index (χ1v) is 8.18. The Morgan fingerprint density at radius 2 is 1.91 bits per heavy atom. The van der Waals surface area contributed by atoms with Gasteiger partial charge in [-0.2, -0.15) is 13.2 Å². The summed E-state index contributed by atoms with van der Waals surface area (Å²) >= 11 is 2.75. The molecule has 0 unspecified atom stereocenters. The van der Waals surface area contributed by atoms with E-state index in [4.69, 9.17) is 0 Å². The van der Waals surface area contributed by atoms with E-state index in [1.54, 1.807) is 24.3 Å². The lowest BCUT2D eigenvalue weighted by Crippen LogP contribution is -2.11. The summed E-state index contributed by atoms with van der Waals surface area (Å²) in [5.41, 5.74) is 1.13. The highest BCUT2D eigenvalue weighted by Gasteiger charge is 2.35. The molecule has 0 N–H and O–H groups in total. The minimum Gasteiger partial charge on any atom is -0.246 e. The molecule has 0 atom stereocenters. The van der Waals surface area contributed by atoms with Crippen molar-refractivity contribution >= 4 is 34.0 Å². The van der Waals surface area contributed by atoms with E-state index in [-0.39, 0.29) is 0 Å². The fourth-order valence-corrected chi connectivity index (χ4v) is 3.53. The Balaban J connectivity index is 1.99. The summed E-state index contributed by atoms with van der Waals surface area (Å²) in [6.45, 7) is 1.89. The third kappa shape index (κ3) is 3.22. The van der Waals surface area contributed by atoms with Gasteiger partial charge in [-0.25, -0.2) is 15.0 Å². The summed E-state index contributed by atoms with van der Waals surface area (Å²) in [7, 11) is 0. The molecule has 0 saturated heterocycles. The van der Waals surface area contributed by atoms with Crippen molar-refractivity contribution in [1.82, 2.24) is 15.0 Å². The molecule has 2 aromatic heterocycles. The smallest absolute Gasteiger partial charge is 0.246 e. The second-order valence-corrected chi connectivity index (χ2v) is 6.54. The average molecular weight is 341 g/mol. The summed E-state index contributed by atoms with van der Waals surface area (Å²) in [5.74, 6) is -0.633. The van der Waals surface area contributed by atoms with Gasteiger partial charge in [0.1, 0.15) is 5.03 Å². The van der Waals surface area contributed by atoms with E-state index in [1.807, 2.05) is 12.3 Å². The van der Waals surface area contributed by atoms with Crippen molar-refractivity contribution < 1.29 is 13.2 Å². The van der Waals surface area contributed by atoms with Gasteiger partial charge in [0.05, 0.1) is 16.2 Å². The first-order valence-electron chi connectivity index (χ1n) is 6.31. The number of hydrogen-bond donors (Lipinski definition) is 0. The van der Waals surface area contributed by atoms with Gasteiger partial charge in [0, 0.05) is 16.5 Å². The number of alkyl halides is 3. The molecule has 0 bridgehead atoms. The number of fused-ring (bicyclic) bond motifs is 1. The Bertz CT molecular complexity index is 814. The van der Waals surface area contributed by atoms with Crippen LogP contribution in [0.1, 0.15) is 16.5 Å². The Hall–Kier alpha value is -1.67. The molecule has 3 nitrogen and oxygen atoms in total. The van der Waals surface area contributed by atoms with Crippen molar-refractivity contribution in [3.63, 3.8) is 0 Å². The number of benzene rings is 1. The molecule has 0 saturated carbocycles. The Morgan fingerprint density at radius 3 is 2.59 bits per heavy atom. The van der Waals surface area contributed by atoms with Crippen LogP contribution in [-0.2, 0) is 11.9 Å². The standard InChI is InChI=1S/C14H10F3N3S2/c1-8-18-9(6-21-8)7-22-12-10-4-2-3-5-11(10)19-13(20-12)14(15,16)17/h2-6H,7H2,1H3. The Labute approximate surface area is 132 Å². The molecular formula is C14H10F3N3S2. The summed E-state index contributed by atoms with van der Waals surface area (Å²) in [6, 6.07) is 6.71. The van der Waals surface area contributed by atoms with Gasteiger partial charge in [0.25, 0.3) is 0 Å². The zero-order chi connectivity index (χ0) is 15.7. The maximum atomic E-state index is 12.9. The molecule has 0 aliphatic rings. The molecule has 0 spiro atoms. The molecule has 0 radical (unpaired) electrons. The predicted octanol–water partition coefficient (Wildman–Crippen LogP) is 4.71. The zero-order valence-electron chi connectivity index (χ0n) is 11.4. The van der Waals surface area contributed by atoms with Crippen molar-refractivity contribution in [2.24, 2.45) is 0 Å². The lowest BCUT2D eigenvalue weighted by atomic mass is 10.2. The van der Waals surface area contributed by atoms with Crippen LogP contribution in [-0.4, -0.2) is 15.0 Å². The first-order chi connectivity index (χ1) is 10.4. The second-order valence-electron chi connectivity index (χ2n) is 4.51. The van der Waals surface area contributed by atoms with Gasteiger partial charge in [-0.1, -0.05) is 30.0 Å². The van der Waals surface area contributed by atoms with E-state index in [0.29, 0.717) is 21.7 Å². The number of thioether (sulfide) groups is 1. The van der Waals surface area contributed by atoms with Crippen LogP contribution >= 0.6 is 23.1 Å². The molecule has 1 aromatic carbocycles. The fraction of sp³-hybridized carbons (Fsp3) is 0.214. The highest BCUT2D eigenvalue weighted by Crippen LogP contribution is 2.33. The normalized spacial score (nSPS) is 12.0. The number of rotatable bonds is 3. The number of para-hydroxylation sites is 1. The molecule has 3 aromatic rings. The Kier molecular flexibility index (Phi) is 4.05. The van der Waals surface area contributed by atoms with Crippen molar-refractivity contribution in [1.29, 1.82) is 0 Å². The number of halogens is 3. The largest absolute Gasteiger partial charge is 0.451 e. The Morgan fingerprint density at radius 1 is 1.14 bits per heavy atom. The summed E-state index contributed by atoms with van der Waals surface area (Å²) in [5, 5.41) is 3.77. The van der Waals surface area contributed by atoms with Gasteiger partial charge in [0.15, 0.2) is 0 Å². The number of nitrogens with zero attached hydrogens (tertiary/aromatic N) is 3. The summed E-state index contributed by atoms with van der Waals surface area (Å²) in [4.78, 5) is 11.6. The summed E-state index contributed by atoms with van der Waals surface area (Å²) in [6.07, 6.45) is -4.56. The van der Waals surface area contributed by atoms with Crippen LogP contribution < -0.4 is 0 Å². The van der Waals surface area contributed by atoms with Crippen LogP contribution in [0.2, 0.25) is 0 Å². The third-order valence-electron chi connectivity index (χ3n) is 2.85. The number of aromatic nitrogens is 3. The van der Waals surface area contributed by atoms with E-state index in [1.165, 1.54) is 23.1 Å². The molecular weight excluding hydrogens is 331 g/mol. The van der Waals surface area contributed by atoms with Gasteiger partial charge in [-0.15, -0.1) is 11.3 Å². The van der Waals surface area contributed by atoms with Gasteiger partial charge in [0.2, 0.25) is 5.82 Å². The maximum absolute atomic E-state index is 12.9. The van der Waals surface area contributed by atoms with Crippen LogP contribution in [0.4, 0.5) is 13.2 Å². The second kappa shape index (κ2) is 5.85. The van der Waals surface area contributed by atoms with Crippen molar-refractivity contribution in [2.45, 2.75) is 23.9 Å². The lowest BCUT2D eigenvalue weighted by molar-refractivity contribution is -0.145. The highest BCUT2D eigenvalue weighted by molar-refractivity contribution is 7.98. The first kappa shape index (κ1) is 15.2. The molecule has 8 heteroatoms. The van der Waals surface area contributed by atoms with Gasteiger partial charge in [-0.05, 0) is 13.0 Å².